The highest BCUT2D eigenvalue weighted by Gasteiger charge is 2.43. The smallest absolute Gasteiger partial charge is 0.262 e. The average molecular weight is 523 g/mol. The summed E-state index contributed by atoms with van der Waals surface area (Å²) >= 11 is 4.32. The lowest BCUT2D eigenvalue weighted by molar-refractivity contribution is 0.0633. The Morgan fingerprint density at radius 1 is 0.588 bits per heavy atom. The van der Waals surface area contributed by atoms with Gasteiger partial charge in [-0.3, -0.25) is 29.0 Å². The average Bonchev–Trinajstić information content (AvgIpc) is 3.41. The van der Waals surface area contributed by atoms with Crippen molar-refractivity contribution in [3.8, 4) is 12.4 Å². The molecule has 6 rings (SSSR count). The number of imide groups is 2. The quantitative estimate of drug-likeness (QED) is 0.256. The van der Waals surface area contributed by atoms with E-state index in [2.05, 4.69) is 9.98 Å². The first-order valence-corrected chi connectivity index (χ1v) is 12.6. The van der Waals surface area contributed by atoms with Gasteiger partial charge in [-0.2, -0.15) is 20.5 Å². The maximum atomic E-state index is 13.4. The second-order valence-corrected chi connectivity index (χ2v) is 11.8. The summed E-state index contributed by atoms with van der Waals surface area (Å²) in [6.45, 7) is 0. The van der Waals surface area contributed by atoms with Crippen LogP contribution in [0.1, 0.15) is 41.4 Å². The van der Waals surface area contributed by atoms with E-state index in [1.54, 1.807) is 12.4 Å². The second kappa shape index (κ2) is 6.85. The molecule has 0 saturated carbocycles. The molecule has 4 amide bonds. The third-order valence-corrected chi connectivity index (χ3v) is 10.5. The maximum absolute atomic E-state index is 13.4. The molecule has 14 heteroatoms. The molecule has 0 bridgehead atoms. The maximum Gasteiger partial charge on any atom is 0.262 e. The number of benzene rings is 2. The zero-order chi connectivity index (χ0) is 24.0. The van der Waals surface area contributed by atoms with Crippen molar-refractivity contribution in [2.75, 3.05) is 14.1 Å². The van der Waals surface area contributed by atoms with Gasteiger partial charge in [0.15, 0.2) is 7.97 Å². The summed E-state index contributed by atoms with van der Waals surface area (Å²) in [4.78, 5) is 63.1. The summed E-state index contributed by atoms with van der Waals surface area (Å²) in [6.07, 6.45) is 3.44. The van der Waals surface area contributed by atoms with Gasteiger partial charge in [-0.15, -0.1) is 45.3 Å². The fourth-order valence-corrected chi connectivity index (χ4v) is 9.11. The van der Waals surface area contributed by atoms with Crippen LogP contribution in [0.2, 0.25) is 0 Å². The van der Waals surface area contributed by atoms with Crippen molar-refractivity contribution >= 4 is 98.5 Å². The third kappa shape index (κ3) is 2.35. The standard InChI is InChI=1S/C20H6N6O4S4/c1-25-15(27)7-5-6-9(13-11(7)31-19(33-13)23-3-21)17(29)26(2)18(30)10(6)14-12(8(5)16(25)28)32-20(34-14)24-4-22/h1-2H3. The van der Waals surface area contributed by atoms with Gasteiger partial charge >= 0.3 is 0 Å². The molecule has 0 atom stereocenters. The van der Waals surface area contributed by atoms with E-state index in [4.69, 9.17) is 10.5 Å². The fourth-order valence-electron chi connectivity index (χ4n) is 4.28. The van der Waals surface area contributed by atoms with Crippen molar-refractivity contribution in [1.82, 2.24) is 9.80 Å². The largest absolute Gasteiger partial charge is 0.277 e. The number of amides is 4. The second-order valence-electron chi connectivity index (χ2n) is 7.27. The molecule has 0 fully saturated rings. The van der Waals surface area contributed by atoms with Gasteiger partial charge in [-0.05, 0) is 0 Å². The Labute approximate surface area is 204 Å². The van der Waals surface area contributed by atoms with Crippen LogP contribution >= 0.6 is 45.3 Å². The van der Waals surface area contributed by atoms with Gasteiger partial charge in [0, 0.05) is 24.9 Å². The van der Waals surface area contributed by atoms with E-state index in [0.29, 0.717) is 26.8 Å². The molecule has 2 aromatic heterocycles. The first-order valence-electron chi connectivity index (χ1n) is 9.33. The summed E-state index contributed by atoms with van der Waals surface area (Å²) in [6, 6.07) is 0. The van der Waals surface area contributed by atoms with Crippen molar-refractivity contribution in [2.24, 2.45) is 9.98 Å². The van der Waals surface area contributed by atoms with Gasteiger partial charge in [0.1, 0.15) is 0 Å². The van der Waals surface area contributed by atoms with E-state index in [9.17, 15) is 19.2 Å². The highest BCUT2D eigenvalue weighted by molar-refractivity contribution is 7.37. The third-order valence-electron chi connectivity index (χ3n) is 5.68. The van der Waals surface area contributed by atoms with Gasteiger partial charge in [-0.1, -0.05) is 0 Å². The molecule has 0 radical (unpaired) electrons. The lowest BCUT2D eigenvalue weighted by Crippen LogP contribution is -2.40. The highest BCUT2D eigenvalue weighted by Crippen LogP contribution is 2.49. The number of hydrogen-bond donors (Lipinski definition) is 0. The molecule has 4 heterocycles. The molecule has 0 spiro atoms. The predicted molar refractivity (Wildman–Crippen MR) is 126 cm³/mol. The number of fused-ring (bicyclic) bond motifs is 6. The normalized spacial score (nSPS) is 14.8. The number of nitriles is 2. The Hall–Kier alpha value is -3.82. The van der Waals surface area contributed by atoms with Crippen LogP contribution in [0, 0.1) is 22.9 Å². The SMILES string of the molecule is CN1C(=O)c2c3sc(=NC#N)sc3c3c4c(c5sc(=NC#N)sc5c(c24)C1=O)C(=O)N(C)C3=O. The van der Waals surface area contributed by atoms with Gasteiger partial charge in [0.05, 0.1) is 41.1 Å². The molecule has 2 aromatic carbocycles. The van der Waals surface area contributed by atoms with Crippen molar-refractivity contribution in [1.29, 1.82) is 10.5 Å². The van der Waals surface area contributed by atoms with E-state index in [1.807, 2.05) is 0 Å². The Balaban J connectivity index is 2.05. The van der Waals surface area contributed by atoms with Crippen LogP contribution in [0.4, 0.5) is 0 Å². The molecule has 0 unspecified atom stereocenters. The van der Waals surface area contributed by atoms with Crippen LogP contribution in [0.15, 0.2) is 9.98 Å². The zero-order valence-corrected chi connectivity index (χ0v) is 20.2. The van der Waals surface area contributed by atoms with E-state index < -0.39 is 23.6 Å². The summed E-state index contributed by atoms with van der Waals surface area (Å²) < 4.78 is 2.38. The molecular formula is C20H6N6O4S4. The van der Waals surface area contributed by atoms with Crippen molar-refractivity contribution < 1.29 is 19.2 Å². The summed E-state index contributed by atoms with van der Waals surface area (Å²) in [5.74, 6) is -2.29. The van der Waals surface area contributed by atoms with Crippen LogP contribution in [0.5, 0.6) is 0 Å². The van der Waals surface area contributed by atoms with Crippen LogP contribution in [-0.4, -0.2) is 47.5 Å². The highest BCUT2D eigenvalue weighted by atomic mass is 32.2. The van der Waals surface area contributed by atoms with Gasteiger partial charge < -0.3 is 0 Å². The molecule has 164 valence electrons. The lowest BCUT2D eigenvalue weighted by atomic mass is 9.86. The van der Waals surface area contributed by atoms with Crippen molar-refractivity contribution in [3.63, 3.8) is 0 Å². The topological polar surface area (TPSA) is 147 Å². The number of carbonyl (C=O) groups is 4. The Kier molecular flexibility index (Phi) is 4.18. The van der Waals surface area contributed by atoms with Gasteiger partial charge in [0.25, 0.3) is 23.6 Å². The molecule has 2 aliphatic heterocycles. The van der Waals surface area contributed by atoms with Crippen LogP contribution in [-0.2, 0) is 0 Å². The molecule has 10 nitrogen and oxygen atoms in total. The molecule has 2 aliphatic rings. The first kappa shape index (κ1) is 20.8. The Morgan fingerprint density at radius 3 is 1.09 bits per heavy atom. The zero-order valence-electron chi connectivity index (χ0n) is 16.9. The number of hydrogen-bond acceptors (Lipinski definition) is 12. The van der Waals surface area contributed by atoms with E-state index in [-0.39, 0.29) is 33.0 Å². The number of nitrogens with zero attached hydrogens (tertiary/aromatic N) is 6. The van der Waals surface area contributed by atoms with E-state index in [1.165, 1.54) is 14.1 Å². The number of carbonyl (C=O) groups excluding carboxylic acids is 4. The van der Waals surface area contributed by atoms with Crippen LogP contribution in [0.3, 0.4) is 0 Å². The lowest BCUT2D eigenvalue weighted by Gasteiger charge is -2.30. The summed E-state index contributed by atoms with van der Waals surface area (Å²) in [7, 11) is 2.73. The van der Waals surface area contributed by atoms with Crippen molar-refractivity contribution in [2.45, 2.75) is 0 Å². The Bertz CT molecular complexity index is 1710. The summed E-state index contributed by atoms with van der Waals surface area (Å²) in [5, 5.41) is 18.6. The van der Waals surface area contributed by atoms with Crippen LogP contribution < -0.4 is 7.97 Å². The van der Waals surface area contributed by atoms with Crippen molar-refractivity contribution in [3.05, 3.63) is 30.2 Å². The van der Waals surface area contributed by atoms with E-state index >= 15 is 0 Å². The minimum atomic E-state index is -0.571. The summed E-state index contributed by atoms with van der Waals surface area (Å²) in [5.41, 5.74) is 0.767. The molecule has 0 N–H and O–H groups in total. The fraction of sp³-hybridized carbons (Fsp3) is 0.100. The predicted octanol–water partition coefficient (Wildman–Crippen LogP) is 2.61. The number of rotatable bonds is 0. The molecule has 34 heavy (non-hydrogen) atoms. The molecular weight excluding hydrogens is 517 g/mol. The van der Waals surface area contributed by atoms with Gasteiger partial charge in [0.2, 0.25) is 12.4 Å². The minimum Gasteiger partial charge on any atom is -0.277 e. The molecule has 0 saturated heterocycles. The van der Waals surface area contributed by atoms with E-state index in [0.717, 1.165) is 55.1 Å². The van der Waals surface area contributed by atoms with Gasteiger partial charge in [-0.25, -0.2) is 0 Å². The monoisotopic (exact) mass is 522 g/mol. The molecule has 4 aromatic rings. The first-order chi connectivity index (χ1) is 16.3. The molecule has 0 aliphatic carbocycles. The minimum absolute atomic E-state index is 0.192. The van der Waals surface area contributed by atoms with Crippen LogP contribution in [0.25, 0.3) is 29.6 Å². The Morgan fingerprint density at radius 2 is 0.853 bits per heavy atom.